The van der Waals surface area contributed by atoms with Crippen LogP contribution in [0.5, 0.6) is 0 Å². The summed E-state index contributed by atoms with van der Waals surface area (Å²) in [6.45, 7) is 4.67. The Labute approximate surface area is 138 Å². The van der Waals surface area contributed by atoms with Gasteiger partial charge in [-0.25, -0.2) is 9.89 Å². The molecule has 0 aliphatic carbocycles. The highest BCUT2D eigenvalue weighted by Crippen LogP contribution is 2.32. The molecular weight excluding hydrogens is 312 g/mol. The molecule has 0 spiro atoms. The van der Waals surface area contributed by atoms with Gasteiger partial charge < -0.3 is 4.90 Å². The van der Waals surface area contributed by atoms with E-state index in [1.807, 2.05) is 30.0 Å². The molecule has 23 heavy (non-hydrogen) atoms. The van der Waals surface area contributed by atoms with Crippen molar-refractivity contribution in [2.45, 2.75) is 44.4 Å². The molecule has 7 heteroatoms. The third kappa shape index (κ3) is 3.06. The summed E-state index contributed by atoms with van der Waals surface area (Å²) in [6, 6.07) is 8.18. The lowest BCUT2D eigenvalue weighted by Gasteiger charge is -2.22. The molecule has 1 atom stereocenters. The highest BCUT2D eigenvalue weighted by Gasteiger charge is 2.30. The van der Waals surface area contributed by atoms with Crippen LogP contribution in [0.2, 0.25) is 0 Å². The van der Waals surface area contributed by atoms with Crippen LogP contribution in [-0.4, -0.2) is 32.5 Å². The molecule has 0 fully saturated rings. The van der Waals surface area contributed by atoms with Gasteiger partial charge in [-0.05, 0) is 31.4 Å². The van der Waals surface area contributed by atoms with Gasteiger partial charge >= 0.3 is 5.69 Å². The van der Waals surface area contributed by atoms with E-state index in [-0.39, 0.29) is 23.4 Å². The Morgan fingerprint density at radius 1 is 1.43 bits per heavy atom. The van der Waals surface area contributed by atoms with Gasteiger partial charge in [0.05, 0.1) is 5.75 Å². The number of hydrogen-bond donors (Lipinski definition) is 1. The minimum Gasteiger partial charge on any atom is -0.308 e. The van der Waals surface area contributed by atoms with Crippen molar-refractivity contribution in [1.82, 2.24) is 14.8 Å². The van der Waals surface area contributed by atoms with Gasteiger partial charge in [0.2, 0.25) is 5.91 Å². The first-order valence-corrected chi connectivity index (χ1v) is 8.78. The summed E-state index contributed by atoms with van der Waals surface area (Å²) in [5.74, 6) is 0.318. The summed E-state index contributed by atoms with van der Waals surface area (Å²) in [5.41, 5.74) is 1.99. The number of thioether (sulfide) groups is 1. The molecule has 6 nitrogen and oxygen atoms in total. The monoisotopic (exact) mass is 332 g/mol. The number of para-hydroxylation sites is 1. The Morgan fingerprint density at radius 2 is 2.22 bits per heavy atom. The number of H-pyrrole nitrogens is 1. The van der Waals surface area contributed by atoms with Crippen molar-refractivity contribution in [2.75, 3.05) is 10.7 Å². The fourth-order valence-corrected chi connectivity index (χ4v) is 3.81. The highest BCUT2D eigenvalue weighted by atomic mass is 32.2. The second-order valence-corrected chi connectivity index (χ2v) is 6.64. The summed E-state index contributed by atoms with van der Waals surface area (Å²) in [5, 5.41) is 7.04. The molecule has 1 aliphatic rings. The van der Waals surface area contributed by atoms with Gasteiger partial charge in [-0.3, -0.25) is 9.36 Å². The molecule has 0 radical (unpaired) electrons. The van der Waals surface area contributed by atoms with Crippen LogP contribution in [0.1, 0.15) is 25.8 Å². The number of nitrogens with zero attached hydrogens (tertiary/aromatic N) is 3. The molecule has 1 aliphatic heterocycles. The molecule has 1 N–H and O–H groups in total. The van der Waals surface area contributed by atoms with Gasteiger partial charge in [0.25, 0.3) is 0 Å². The molecule has 0 bridgehead atoms. The number of benzene rings is 1. The first-order chi connectivity index (χ1) is 11.1. The lowest BCUT2D eigenvalue weighted by atomic mass is 10.1. The summed E-state index contributed by atoms with van der Waals surface area (Å²) in [6.07, 6.45) is 1.73. The number of carbonyl (C=O) groups excluding carboxylic acids is 1. The van der Waals surface area contributed by atoms with E-state index in [9.17, 15) is 9.59 Å². The Balaban J connectivity index is 1.72. The molecule has 122 valence electrons. The maximum Gasteiger partial charge on any atom is 0.343 e. The van der Waals surface area contributed by atoms with Crippen LogP contribution in [0.4, 0.5) is 5.69 Å². The number of carbonyl (C=O) groups is 1. The fourth-order valence-electron chi connectivity index (χ4n) is 2.98. The van der Waals surface area contributed by atoms with Crippen LogP contribution >= 0.6 is 11.8 Å². The predicted octanol–water partition coefficient (Wildman–Crippen LogP) is 2.05. The van der Waals surface area contributed by atoms with Gasteiger partial charge in [-0.2, -0.15) is 0 Å². The maximum atomic E-state index is 12.6. The normalized spacial score (nSPS) is 16.6. The van der Waals surface area contributed by atoms with E-state index in [2.05, 4.69) is 23.2 Å². The van der Waals surface area contributed by atoms with Crippen molar-refractivity contribution in [3.63, 3.8) is 0 Å². The molecular formula is C16H20N4O2S. The van der Waals surface area contributed by atoms with E-state index in [4.69, 9.17) is 0 Å². The minimum absolute atomic E-state index is 0.0472. The van der Waals surface area contributed by atoms with Crippen molar-refractivity contribution in [3.8, 4) is 0 Å². The molecule has 0 saturated heterocycles. The van der Waals surface area contributed by atoms with Crippen molar-refractivity contribution in [3.05, 3.63) is 40.3 Å². The van der Waals surface area contributed by atoms with Crippen molar-refractivity contribution >= 4 is 23.4 Å². The smallest absolute Gasteiger partial charge is 0.308 e. The van der Waals surface area contributed by atoms with Crippen LogP contribution in [0.15, 0.2) is 34.2 Å². The van der Waals surface area contributed by atoms with Crippen molar-refractivity contribution in [1.29, 1.82) is 0 Å². The van der Waals surface area contributed by atoms with E-state index >= 15 is 0 Å². The molecule has 1 aromatic heterocycles. The second-order valence-electron chi connectivity index (χ2n) is 5.70. The van der Waals surface area contributed by atoms with E-state index in [0.717, 1.165) is 18.5 Å². The van der Waals surface area contributed by atoms with E-state index in [1.54, 1.807) is 4.57 Å². The SMILES string of the molecule is CCCn1c(SCC(=O)N2c3ccccc3C[C@@H]2C)n[nH]c1=O. The zero-order valence-corrected chi connectivity index (χ0v) is 14.1. The average Bonchev–Trinajstić information content (AvgIpc) is 3.05. The van der Waals surface area contributed by atoms with Crippen LogP contribution in [0.3, 0.4) is 0 Å². The highest BCUT2D eigenvalue weighted by molar-refractivity contribution is 7.99. The number of fused-ring (bicyclic) bond motifs is 1. The number of aromatic amines is 1. The molecule has 0 saturated carbocycles. The zero-order chi connectivity index (χ0) is 16.4. The number of anilines is 1. The summed E-state index contributed by atoms with van der Waals surface area (Å²) >= 11 is 1.31. The average molecular weight is 332 g/mol. The van der Waals surface area contributed by atoms with Gasteiger partial charge in [-0.1, -0.05) is 36.9 Å². The molecule has 1 amide bonds. The molecule has 0 unspecified atom stereocenters. The number of rotatable bonds is 5. The van der Waals surface area contributed by atoms with E-state index in [0.29, 0.717) is 11.7 Å². The topological polar surface area (TPSA) is 71.0 Å². The minimum atomic E-state index is -0.221. The molecule has 1 aromatic carbocycles. The molecule has 3 rings (SSSR count). The first kappa shape index (κ1) is 15.9. The van der Waals surface area contributed by atoms with Gasteiger partial charge in [0.15, 0.2) is 5.16 Å². The number of hydrogen-bond acceptors (Lipinski definition) is 4. The Kier molecular flexibility index (Phi) is 4.56. The lowest BCUT2D eigenvalue weighted by molar-refractivity contribution is -0.116. The van der Waals surface area contributed by atoms with Crippen molar-refractivity contribution < 1.29 is 4.79 Å². The second kappa shape index (κ2) is 6.62. The van der Waals surface area contributed by atoms with Gasteiger partial charge in [-0.15, -0.1) is 5.10 Å². The van der Waals surface area contributed by atoms with E-state index < -0.39 is 0 Å². The van der Waals surface area contributed by atoms with Crippen molar-refractivity contribution in [2.24, 2.45) is 0 Å². The first-order valence-electron chi connectivity index (χ1n) is 7.79. The van der Waals surface area contributed by atoms with Crippen LogP contribution in [0, 0.1) is 0 Å². The predicted molar refractivity (Wildman–Crippen MR) is 91.0 cm³/mol. The quantitative estimate of drug-likeness (QED) is 0.851. The number of aromatic nitrogens is 3. The zero-order valence-electron chi connectivity index (χ0n) is 13.3. The maximum absolute atomic E-state index is 12.6. The standard InChI is InChI=1S/C16H20N4O2S/c1-3-8-19-15(22)17-18-16(19)23-10-14(21)20-11(2)9-12-6-4-5-7-13(12)20/h4-7,11H,3,8-10H2,1-2H3,(H,17,22)/t11-/m0/s1. The summed E-state index contributed by atoms with van der Waals surface area (Å²) < 4.78 is 1.58. The largest absolute Gasteiger partial charge is 0.343 e. The summed E-state index contributed by atoms with van der Waals surface area (Å²) in [4.78, 5) is 26.2. The molecule has 2 aromatic rings. The third-order valence-electron chi connectivity index (χ3n) is 3.97. The van der Waals surface area contributed by atoms with Crippen LogP contribution in [-0.2, 0) is 17.8 Å². The number of nitrogens with one attached hydrogen (secondary N) is 1. The molecule has 2 heterocycles. The third-order valence-corrected chi connectivity index (χ3v) is 4.93. The summed E-state index contributed by atoms with van der Waals surface area (Å²) in [7, 11) is 0. The van der Waals surface area contributed by atoms with Crippen LogP contribution in [0.25, 0.3) is 0 Å². The Morgan fingerprint density at radius 3 is 3.00 bits per heavy atom. The Bertz CT molecular complexity index is 767. The van der Waals surface area contributed by atoms with Crippen LogP contribution < -0.4 is 10.6 Å². The van der Waals surface area contributed by atoms with Gasteiger partial charge in [0, 0.05) is 18.3 Å². The Hall–Kier alpha value is -2.02. The fraction of sp³-hybridized carbons (Fsp3) is 0.438. The number of amides is 1. The van der Waals surface area contributed by atoms with E-state index in [1.165, 1.54) is 17.3 Å². The lowest BCUT2D eigenvalue weighted by Crippen LogP contribution is -2.37. The van der Waals surface area contributed by atoms with Gasteiger partial charge in [0.1, 0.15) is 0 Å².